The highest BCUT2D eigenvalue weighted by Gasteiger charge is 2.10. The van der Waals surface area contributed by atoms with Gasteiger partial charge in [0.25, 0.3) is 0 Å². The number of methoxy groups -OCH3 is 1. The molecular weight excluding hydrogens is 347 g/mol. The molecule has 0 amide bonds. The Morgan fingerprint density at radius 1 is 1.50 bits per heavy atom. The molecule has 0 bridgehead atoms. The largest absolute Gasteiger partial charge is 0.488 e. The third kappa shape index (κ3) is 3.83. The summed E-state index contributed by atoms with van der Waals surface area (Å²) in [7, 11) is 1.29. The number of halogens is 1. The second-order valence-corrected chi connectivity index (χ2v) is 4.30. The van der Waals surface area contributed by atoms with Crippen LogP contribution in [0.5, 0.6) is 5.75 Å². The Bertz CT molecular complexity index is 468. The van der Waals surface area contributed by atoms with E-state index in [0.29, 0.717) is 29.8 Å². The lowest BCUT2D eigenvalue weighted by Gasteiger charge is -2.09. The lowest BCUT2D eigenvalue weighted by molar-refractivity contribution is 0.0600. The van der Waals surface area contributed by atoms with Gasteiger partial charge in [-0.25, -0.2) is 4.79 Å². The van der Waals surface area contributed by atoms with Crippen LogP contribution in [0.3, 0.4) is 0 Å². The molecule has 0 saturated heterocycles. The zero-order valence-electron chi connectivity index (χ0n) is 9.94. The fourth-order valence-electron chi connectivity index (χ4n) is 1.24. The van der Waals surface area contributed by atoms with Gasteiger partial charge in [-0.15, -0.1) is 0 Å². The van der Waals surface area contributed by atoms with Gasteiger partial charge in [0, 0.05) is 4.43 Å². The normalized spacial score (nSPS) is 9.67. The molecule has 0 aliphatic heterocycles. The molecule has 0 radical (unpaired) electrons. The molecule has 0 saturated carbocycles. The highest BCUT2D eigenvalue weighted by Crippen LogP contribution is 2.19. The average Bonchev–Trinajstić information content (AvgIpc) is 2.43. The molecular formula is C13H13IO4. The van der Waals surface area contributed by atoms with E-state index in [2.05, 4.69) is 33.9 Å². The van der Waals surface area contributed by atoms with Crippen molar-refractivity contribution >= 4 is 34.8 Å². The molecule has 5 heteroatoms. The molecule has 0 atom stereocenters. The minimum Gasteiger partial charge on any atom is -0.488 e. The highest BCUT2D eigenvalue weighted by molar-refractivity contribution is 14.1. The van der Waals surface area contributed by atoms with E-state index in [9.17, 15) is 9.59 Å². The Morgan fingerprint density at radius 2 is 2.22 bits per heavy atom. The Morgan fingerprint density at radius 3 is 2.78 bits per heavy atom. The van der Waals surface area contributed by atoms with Crippen molar-refractivity contribution in [3.63, 3.8) is 0 Å². The van der Waals surface area contributed by atoms with Gasteiger partial charge in [-0.3, -0.25) is 4.79 Å². The van der Waals surface area contributed by atoms with Gasteiger partial charge in [0.05, 0.1) is 18.2 Å². The summed E-state index contributed by atoms with van der Waals surface area (Å²) < 4.78 is 10.8. The molecule has 4 nitrogen and oxygen atoms in total. The quantitative estimate of drug-likeness (QED) is 0.257. The second-order valence-electron chi connectivity index (χ2n) is 3.53. The minimum absolute atomic E-state index is 0.319. The molecule has 0 spiro atoms. The third-order valence-corrected chi connectivity index (χ3v) is 3.26. The molecule has 0 fully saturated rings. The summed E-state index contributed by atoms with van der Waals surface area (Å²) in [5.74, 6) is -0.0509. The van der Waals surface area contributed by atoms with Gasteiger partial charge in [-0.1, -0.05) is 29.2 Å². The van der Waals surface area contributed by atoms with Crippen LogP contribution in [0.15, 0.2) is 30.4 Å². The number of hydrogen-bond donors (Lipinski definition) is 0. The standard InChI is InChI=1S/C13H13IO4/c1-9(6-14)8-18-12-4-3-10(13(16)17-2)5-11(12)7-15/h3-5,7H,1,6,8H2,2H3. The van der Waals surface area contributed by atoms with Gasteiger partial charge in [0.2, 0.25) is 0 Å². The first kappa shape index (κ1) is 14.7. The van der Waals surface area contributed by atoms with Crippen molar-refractivity contribution in [3.8, 4) is 5.75 Å². The van der Waals surface area contributed by atoms with Crippen molar-refractivity contribution in [2.24, 2.45) is 0 Å². The number of ether oxygens (including phenoxy) is 2. The van der Waals surface area contributed by atoms with Crippen molar-refractivity contribution in [2.75, 3.05) is 18.1 Å². The minimum atomic E-state index is -0.485. The van der Waals surface area contributed by atoms with Crippen molar-refractivity contribution in [3.05, 3.63) is 41.5 Å². The van der Waals surface area contributed by atoms with Crippen LogP contribution in [-0.4, -0.2) is 30.4 Å². The fraction of sp³-hybridized carbons (Fsp3) is 0.231. The summed E-state index contributed by atoms with van der Waals surface area (Å²) in [5.41, 5.74) is 1.56. The third-order valence-electron chi connectivity index (χ3n) is 2.18. The maximum Gasteiger partial charge on any atom is 0.337 e. The van der Waals surface area contributed by atoms with Crippen LogP contribution < -0.4 is 4.74 Å². The summed E-state index contributed by atoms with van der Waals surface area (Å²) in [5, 5.41) is 0. The van der Waals surface area contributed by atoms with Gasteiger partial charge < -0.3 is 9.47 Å². The lowest BCUT2D eigenvalue weighted by Crippen LogP contribution is -2.06. The van der Waals surface area contributed by atoms with Crippen molar-refractivity contribution in [2.45, 2.75) is 0 Å². The molecule has 0 aliphatic rings. The fourth-order valence-corrected chi connectivity index (χ4v) is 1.46. The van der Waals surface area contributed by atoms with Crippen molar-refractivity contribution in [1.29, 1.82) is 0 Å². The van der Waals surface area contributed by atoms with Crippen LogP contribution in [0, 0.1) is 0 Å². The Balaban J connectivity index is 2.90. The topological polar surface area (TPSA) is 52.6 Å². The molecule has 1 rings (SSSR count). The van der Waals surface area contributed by atoms with E-state index in [0.717, 1.165) is 10.0 Å². The molecule has 1 aromatic carbocycles. The van der Waals surface area contributed by atoms with Crippen LogP contribution in [0.2, 0.25) is 0 Å². The van der Waals surface area contributed by atoms with Crippen LogP contribution in [0.25, 0.3) is 0 Å². The molecule has 1 aromatic rings. The number of benzene rings is 1. The van der Waals surface area contributed by atoms with Crippen LogP contribution in [-0.2, 0) is 4.74 Å². The van der Waals surface area contributed by atoms with Gasteiger partial charge in [-0.2, -0.15) is 0 Å². The second kappa shape index (κ2) is 7.15. The Hall–Kier alpha value is -1.37. The summed E-state index contributed by atoms with van der Waals surface area (Å²) in [4.78, 5) is 22.3. The molecule has 0 unspecified atom stereocenters. The maximum absolute atomic E-state index is 11.3. The van der Waals surface area contributed by atoms with Crippen LogP contribution in [0.4, 0.5) is 0 Å². The first-order valence-electron chi connectivity index (χ1n) is 5.15. The molecule has 96 valence electrons. The van der Waals surface area contributed by atoms with Gasteiger partial charge >= 0.3 is 5.97 Å². The van der Waals surface area contributed by atoms with E-state index in [1.807, 2.05) is 0 Å². The first-order chi connectivity index (χ1) is 8.62. The van der Waals surface area contributed by atoms with Crippen molar-refractivity contribution in [1.82, 2.24) is 0 Å². The summed E-state index contributed by atoms with van der Waals surface area (Å²) in [6, 6.07) is 4.58. The van der Waals surface area contributed by atoms with Crippen LogP contribution in [0.1, 0.15) is 20.7 Å². The summed E-state index contributed by atoms with van der Waals surface area (Å²) in [6.07, 6.45) is 0.647. The van der Waals surface area contributed by atoms with Gasteiger partial charge in [0.1, 0.15) is 12.4 Å². The molecule has 0 heterocycles. The molecule has 18 heavy (non-hydrogen) atoms. The van der Waals surface area contributed by atoms with E-state index in [4.69, 9.17) is 4.74 Å². The monoisotopic (exact) mass is 360 g/mol. The smallest absolute Gasteiger partial charge is 0.337 e. The Kier molecular flexibility index (Phi) is 5.84. The SMILES string of the molecule is C=C(CI)COc1ccc(C(=O)OC)cc1C=O. The predicted molar refractivity (Wildman–Crippen MR) is 76.7 cm³/mol. The van der Waals surface area contributed by atoms with E-state index in [-0.39, 0.29) is 0 Å². The number of esters is 1. The van der Waals surface area contributed by atoms with E-state index >= 15 is 0 Å². The number of carbonyl (C=O) groups is 2. The summed E-state index contributed by atoms with van der Waals surface area (Å²) >= 11 is 2.18. The van der Waals surface area contributed by atoms with Crippen molar-refractivity contribution < 1.29 is 19.1 Å². The van der Waals surface area contributed by atoms with Gasteiger partial charge in [0.15, 0.2) is 6.29 Å². The Labute approximate surface area is 119 Å². The number of alkyl halides is 1. The summed E-state index contributed by atoms with van der Waals surface area (Å²) in [6.45, 7) is 4.16. The van der Waals surface area contributed by atoms with E-state index < -0.39 is 5.97 Å². The number of rotatable bonds is 6. The van der Waals surface area contributed by atoms with Gasteiger partial charge in [-0.05, 0) is 23.8 Å². The molecule has 0 N–H and O–H groups in total. The number of aldehydes is 1. The van der Waals surface area contributed by atoms with Crippen LogP contribution >= 0.6 is 22.6 Å². The first-order valence-corrected chi connectivity index (χ1v) is 6.68. The average molecular weight is 360 g/mol. The number of carbonyl (C=O) groups excluding carboxylic acids is 2. The highest BCUT2D eigenvalue weighted by atomic mass is 127. The zero-order chi connectivity index (χ0) is 13.5. The number of hydrogen-bond acceptors (Lipinski definition) is 4. The predicted octanol–water partition coefficient (Wildman–Crippen LogP) is 2.66. The molecule has 0 aliphatic carbocycles. The van der Waals surface area contributed by atoms with E-state index in [1.165, 1.54) is 13.2 Å². The lowest BCUT2D eigenvalue weighted by atomic mass is 10.1. The zero-order valence-corrected chi connectivity index (χ0v) is 12.1. The maximum atomic E-state index is 11.3. The van der Waals surface area contributed by atoms with E-state index in [1.54, 1.807) is 12.1 Å². The molecule has 0 aromatic heterocycles.